The number of hydrogen-bond donors (Lipinski definition) is 2. The molecule has 2 aromatic rings. The van der Waals surface area contributed by atoms with Gasteiger partial charge in [-0.25, -0.2) is 0 Å². The van der Waals surface area contributed by atoms with E-state index in [2.05, 4.69) is 5.32 Å². The minimum atomic E-state index is 0.249. The largest absolute Gasteiger partial charge is 0.508 e. The predicted molar refractivity (Wildman–Crippen MR) is 64.4 cm³/mol. The molecule has 2 rings (SSSR count). The topological polar surface area (TPSA) is 41.5 Å². The standard InChI is InChI=1S/C13H13NO2/c1-16-13-7-5-10(6-8-13)14-11-3-2-4-12(15)9-11/h2-9,14-15H,1H3. The number of anilines is 2. The van der Waals surface area contributed by atoms with Crippen LogP contribution in [0.2, 0.25) is 0 Å². The van der Waals surface area contributed by atoms with Crippen molar-refractivity contribution in [3.05, 3.63) is 48.5 Å². The van der Waals surface area contributed by atoms with Crippen LogP contribution in [0.5, 0.6) is 11.5 Å². The molecule has 0 unspecified atom stereocenters. The van der Waals surface area contributed by atoms with E-state index < -0.39 is 0 Å². The molecule has 0 atom stereocenters. The van der Waals surface area contributed by atoms with Gasteiger partial charge in [-0.1, -0.05) is 6.07 Å². The van der Waals surface area contributed by atoms with Gasteiger partial charge in [-0.05, 0) is 36.4 Å². The number of benzene rings is 2. The fourth-order valence-electron chi connectivity index (χ4n) is 1.42. The third kappa shape index (κ3) is 2.45. The van der Waals surface area contributed by atoms with Crippen molar-refractivity contribution in [2.75, 3.05) is 12.4 Å². The monoisotopic (exact) mass is 215 g/mol. The minimum absolute atomic E-state index is 0.249. The quantitative estimate of drug-likeness (QED) is 0.826. The molecule has 0 radical (unpaired) electrons. The number of nitrogens with one attached hydrogen (secondary N) is 1. The van der Waals surface area contributed by atoms with Gasteiger partial charge >= 0.3 is 0 Å². The summed E-state index contributed by atoms with van der Waals surface area (Å²) < 4.78 is 5.07. The molecule has 0 aliphatic rings. The molecule has 82 valence electrons. The van der Waals surface area contributed by atoms with Crippen LogP contribution in [0.1, 0.15) is 0 Å². The summed E-state index contributed by atoms with van der Waals surface area (Å²) in [6.45, 7) is 0. The summed E-state index contributed by atoms with van der Waals surface area (Å²) in [4.78, 5) is 0. The fraction of sp³-hybridized carbons (Fsp3) is 0.0769. The van der Waals surface area contributed by atoms with Crippen LogP contribution in [-0.2, 0) is 0 Å². The maximum atomic E-state index is 9.31. The third-order valence-corrected chi connectivity index (χ3v) is 2.22. The molecule has 0 aliphatic heterocycles. The highest BCUT2D eigenvalue weighted by molar-refractivity contribution is 5.61. The molecule has 0 saturated carbocycles. The molecule has 0 saturated heterocycles. The highest BCUT2D eigenvalue weighted by atomic mass is 16.5. The van der Waals surface area contributed by atoms with Crippen LogP contribution in [0.25, 0.3) is 0 Å². The molecular weight excluding hydrogens is 202 g/mol. The number of aromatic hydroxyl groups is 1. The Bertz CT molecular complexity index is 466. The predicted octanol–water partition coefficient (Wildman–Crippen LogP) is 3.14. The normalized spacial score (nSPS) is 9.81. The fourth-order valence-corrected chi connectivity index (χ4v) is 1.42. The van der Waals surface area contributed by atoms with E-state index in [0.29, 0.717) is 0 Å². The molecule has 3 heteroatoms. The molecule has 0 bridgehead atoms. The lowest BCUT2D eigenvalue weighted by Crippen LogP contribution is -1.90. The van der Waals surface area contributed by atoms with E-state index in [4.69, 9.17) is 4.74 Å². The van der Waals surface area contributed by atoms with Gasteiger partial charge in [0, 0.05) is 17.4 Å². The molecule has 0 heterocycles. The Hall–Kier alpha value is -2.16. The van der Waals surface area contributed by atoms with E-state index in [1.54, 1.807) is 25.3 Å². The maximum absolute atomic E-state index is 9.31. The van der Waals surface area contributed by atoms with Crippen LogP contribution >= 0.6 is 0 Å². The van der Waals surface area contributed by atoms with Gasteiger partial charge in [0.15, 0.2) is 0 Å². The zero-order valence-corrected chi connectivity index (χ0v) is 8.97. The SMILES string of the molecule is COc1ccc(Nc2cccc(O)c2)cc1. The highest BCUT2D eigenvalue weighted by Crippen LogP contribution is 2.22. The van der Waals surface area contributed by atoms with E-state index in [-0.39, 0.29) is 5.75 Å². The third-order valence-electron chi connectivity index (χ3n) is 2.22. The Balaban J connectivity index is 2.14. The Kier molecular flexibility index (Phi) is 2.96. The van der Waals surface area contributed by atoms with Crippen LogP contribution in [0.4, 0.5) is 11.4 Å². The molecule has 2 aromatic carbocycles. The van der Waals surface area contributed by atoms with Crippen LogP contribution < -0.4 is 10.1 Å². The molecule has 0 spiro atoms. The second kappa shape index (κ2) is 4.57. The van der Waals surface area contributed by atoms with Crippen molar-refractivity contribution in [3.63, 3.8) is 0 Å². The second-order valence-electron chi connectivity index (χ2n) is 3.40. The molecule has 0 aromatic heterocycles. The summed E-state index contributed by atoms with van der Waals surface area (Å²) in [5.74, 6) is 1.07. The van der Waals surface area contributed by atoms with E-state index >= 15 is 0 Å². The average molecular weight is 215 g/mol. The smallest absolute Gasteiger partial charge is 0.119 e. The average Bonchev–Trinajstić information content (AvgIpc) is 2.30. The molecule has 16 heavy (non-hydrogen) atoms. The van der Waals surface area contributed by atoms with Gasteiger partial charge in [-0.3, -0.25) is 0 Å². The number of rotatable bonds is 3. The van der Waals surface area contributed by atoms with Crippen LogP contribution in [0, 0.1) is 0 Å². The van der Waals surface area contributed by atoms with E-state index in [0.717, 1.165) is 17.1 Å². The lowest BCUT2D eigenvalue weighted by Gasteiger charge is -2.07. The van der Waals surface area contributed by atoms with Crippen molar-refractivity contribution in [3.8, 4) is 11.5 Å². The summed E-state index contributed by atoms with van der Waals surface area (Å²) in [5, 5.41) is 12.5. The van der Waals surface area contributed by atoms with Gasteiger partial charge in [0.25, 0.3) is 0 Å². The van der Waals surface area contributed by atoms with Crippen LogP contribution in [0.15, 0.2) is 48.5 Å². The van der Waals surface area contributed by atoms with Gasteiger partial charge in [-0.15, -0.1) is 0 Å². The summed E-state index contributed by atoms with van der Waals surface area (Å²) >= 11 is 0. The molecular formula is C13H13NO2. The van der Waals surface area contributed by atoms with E-state index in [9.17, 15) is 5.11 Å². The van der Waals surface area contributed by atoms with Crippen LogP contribution in [-0.4, -0.2) is 12.2 Å². The van der Waals surface area contributed by atoms with Crippen LogP contribution in [0.3, 0.4) is 0 Å². The Labute approximate surface area is 94.3 Å². The van der Waals surface area contributed by atoms with E-state index in [1.165, 1.54) is 0 Å². The Morgan fingerprint density at radius 2 is 1.75 bits per heavy atom. The van der Waals surface area contributed by atoms with E-state index in [1.807, 2.05) is 30.3 Å². The number of hydrogen-bond acceptors (Lipinski definition) is 3. The second-order valence-corrected chi connectivity index (χ2v) is 3.40. The van der Waals surface area contributed by atoms with Crippen molar-refractivity contribution in [1.82, 2.24) is 0 Å². The minimum Gasteiger partial charge on any atom is -0.508 e. The lowest BCUT2D eigenvalue weighted by molar-refractivity contribution is 0.415. The zero-order chi connectivity index (χ0) is 11.4. The van der Waals surface area contributed by atoms with Crippen molar-refractivity contribution in [1.29, 1.82) is 0 Å². The van der Waals surface area contributed by atoms with Crippen molar-refractivity contribution < 1.29 is 9.84 Å². The summed E-state index contributed by atoms with van der Waals surface area (Å²) in [5.41, 5.74) is 1.80. The van der Waals surface area contributed by atoms with Crippen molar-refractivity contribution in [2.45, 2.75) is 0 Å². The summed E-state index contributed by atoms with van der Waals surface area (Å²) in [7, 11) is 1.64. The van der Waals surface area contributed by atoms with Gasteiger partial charge < -0.3 is 15.2 Å². The first-order valence-electron chi connectivity index (χ1n) is 4.98. The first-order valence-corrected chi connectivity index (χ1v) is 4.98. The molecule has 0 aliphatic carbocycles. The number of phenols is 1. The number of ether oxygens (including phenoxy) is 1. The Morgan fingerprint density at radius 1 is 1.00 bits per heavy atom. The molecule has 2 N–H and O–H groups in total. The van der Waals surface area contributed by atoms with Gasteiger partial charge in [0.1, 0.15) is 11.5 Å². The Morgan fingerprint density at radius 3 is 2.38 bits per heavy atom. The van der Waals surface area contributed by atoms with Crippen molar-refractivity contribution in [2.24, 2.45) is 0 Å². The van der Waals surface area contributed by atoms with Gasteiger partial charge in [-0.2, -0.15) is 0 Å². The lowest BCUT2D eigenvalue weighted by atomic mass is 10.2. The summed E-state index contributed by atoms with van der Waals surface area (Å²) in [6, 6.07) is 14.6. The zero-order valence-electron chi connectivity index (χ0n) is 8.97. The first-order chi connectivity index (χ1) is 7.78. The molecule has 3 nitrogen and oxygen atoms in total. The molecule has 0 fully saturated rings. The number of methoxy groups -OCH3 is 1. The summed E-state index contributed by atoms with van der Waals surface area (Å²) in [6.07, 6.45) is 0. The van der Waals surface area contributed by atoms with Crippen molar-refractivity contribution >= 4 is 11.4 Å². The first kappa shape index (κ1) is 10.4. The maximum Gasteiger partial charge on any atom is 0.119 e. The van der Waals surface area contributed by atoms with Gasteiger partial charge in [0.2, 0.25) is 0 Å². The highest BCUT2D eigenvalue weighted by Gasteiger charge is 1.96. The molecule has 0 amide bonds. The van der Waals surface area contributed by atoms with Gasteiger partial charge in [0.05, 0.1) is 7.11 Å². The number of phenolic OH excluding ortho intramolecular Hbond substituents is 1.